The van der Waals surface area contributed by atoms with E-state index in [4.69, 9.17) is 0 Å². The summed E-state index contributed by atoms with van der Waals surface area (Å²) in [5.41, 5.74) is 1.14. The highest BCUT2D eigenvalue weighted by Gasteiger charge is 2.03. The van der Waals surface area contributed by atoms with Gasteiger partial charge in [-0.15, -0.1) is 0 Å². The summed E-state index contributed by atoms with van der Waals surface area (Å²) in [6.07, 6.45) is 2.95. The molecular weight excluding hydrogens is 100 g/mol. The Kier molecular flexibility index (Phi) is 1.42. The molecule has 0 saturated carbocycles. The fraction of sp³-hybridized carbons (Fsp3) is 0.667. The van der Waals surface area contributed by atoms with E-state index >= 15 is 0 Å². The topological polar surface area (TPSA) is 24.7 Å². The largest absolute Gasteiger partial charge is 0.163 e. The molecule has 0 spiro atoms. The maximum Gasteiger partial charge on any atom is 0.0381 e. The van der Waals surface area contributed by atoms with E-state index in [0.717, 1.165) is 12.1 Å². The molecule has 2 heteroatoms. The van der Waals surface area contributed by atoms with Gasteiger partial charge >= 0.3 is 0 Å². The molecule has 0 aliphatic carbocycles. The van der Waals surface area contributed by atoms with Crippen molar-refractivity contribution in [2.75, 3.05) is 0 Å². The van der Waals surface area contributed by atoms with Crippen LogP contribution in [-0.4, -0.2) is 11.9 Å². The molecule has 0 aromatic carbocycles. The second-order valence-corrected chi connectivity index (χ2v) is 2.28. The number of nitrogens with zero attached hydrogens (tertiary/aromatic N) is 2. The molecule has 8 heavy (non-hydrogen) atoms. The lowest BCUT2D eigenvalue weighted by atomic mass is 10.1. The van der Waals surface area contributed by atoms with Gasteiger partial charge in [-0.1, -0.05) is 6.92 Å². The van der Waals surface area contributed by atoms with Crippen LogP contribution in [0.1, 0.15) is 20.3 Å². The Bertz CT molecular complexity index is 135. The van der Waals surface area contributed by atoms with E-state index in [1.54, 1.807) is 0 Å². The fourth-order valence-corrected chi connectivity index (χ4v) is 0.805. The lowest BCUT2D eigenvalue weighted by molar-refractivity contribution is 0.806. The zero-order valence-corrected chi connectivity index (χ0v) is 5.26. The average molecular weight is 110 g/mol. The van der Waals surface area contributed by atoms with Crippen LogP contribution >= 0.6 is 0 Å². The van der Waals surface area contributed by atoms with Gasteiger partial charge in [0.25, 0.3) is 0 Å². The van der Waals surface area contributed by atoms with Crippen LogP contribution in [0.15, 0.2) is 10.2 Å². The van der Waals surface area contributed by atoms with Crippen LogP contribution in [0, 0.1) is 5.92 Å². The Balaban J connectivity index is 2.59. The molecule has 44 valence electrons. The first-order valence-corrected chi connectivity index (χ1v) is 2.85. The van der Waals surface area contributed by atoms with E-state index < -0.39 is 0 Å². The van der Waals surface area contributed by atoms with Gasteiger partial charge in [0.2, 0.25) is 0 Å². The van der Waals surface area contributed by atoms with Crippen molar-refractivity contribution in [3.63, 3.8) is 0 Å². The van der Waals surface area contributed by atoms with Crippen molar-refractivity contribution in [3.05, 3.63) is 0 Å². The number of hydrogen-bond acceptors (Lipinski definition) is 2. The number of rotatable bonds is 0. The molecule has 0 fully saturated rings. The summed E-state index contributed by atoms with van der Waals surface area (Å²) in [7, 11) is 0. The lowest BCUT2D eigenvalue weighted by Crippen LogP contribution is -2.06. The fourth-order valence-electron chi connectivity index (χ4n) is 0.805. The van der Waals surface area contributed by atoms with Crippen molar-refractivity contribution in [2.45, 2.75) is 20.3 Å². The molecule has 0 radical (unpaired) electrons. The maximum atomic E-state index is 3.87. The van der Waals surface area contributed by atoms with Gasteiger partial charge in [0.05, 0.1) is 0 Å². The molecule has 0 saturated heterocycles. The van der Waals surface area contributed by atoms with Gasteiger partial charge in [-0.05, 0) is 19.3 Å². The first kappa shape index (κ1) is 5.48. The van der Waals surface area contributed by atoms with Crippen LogP contribution in [0.5, 0.6) is 0 Å². The van der Waals surface area contributed by atoms with Crippen molar-refractivity contribution in [1.29, 1.82) is 0 Å². The van der Waals surface area contributed by atoms with Crippen molar-refractivity contribution >= 4 is 11.9 Å². The molecule has 0 N–H and O–H groups in total. The zero-order valence-electron chi connectivity index (χ0n) is 5.26. The third-order valence-corrected chi connectivity index (χ3v) is 1.17. The normalized spacial score (nSPS) is 27.8. The molecule has 2 nitrogen and oxygen atoms in total. The highest BCUT2D eigenvalue weighted by atomic mass is 15.2. The van der Waals surface area contributed by atoms with Crippen LogP contribution in [0.3, 0.4) is 0 Å². The lowest BCUT2D eigenvalue weighted by Gasteiger charge is -2.06. The Hall–Kier alpha value is -0.660. The van der Waals surface area contributed by atoms with Crippen molar-refractivity contribution in [1.82, 2.24) is 0 Å². The minimum atomic E-state index is 0.590. The summed E-state index contributed by atoms with van der Waals surface area (Å²) >= 11 is 0. The molecule has 0 aromatic heterocycles. The third kappa shape index (κ3) is 1.15. The van der Waals surface area contributed by atoms with E-state index in [-0.39, 0.29) is 0 Å². The number of hydrogen-bond donors (Lipinski definition) is 0. The molecule has 1 aliphatic rings. The van der Waals surface area contributed by atoms with Crippen LogP contribution < -0.4 is 0 Å². The van der Waals surface area contributed by atoms with Crippen molar-refractivity contribution < 1.29 is 0 Å². The average Bonchev–Trinajstić information content (AvgIpc) is 1.64. The second-order valence-electron chi connectivity index (χ2n) is 2.28. The Morgan fingerprint density at radius 3 is 2.88 bits per heavy atom. The SMILES string of the molecule is CC1=NN=CC(C)C1. The summed E-state index contributed by atoms with van der Waals surface area (Å²) in [5.74, 6) is 0.590. The smallest absolute Gasteiger partial charge is 0.0381 e. The molecule has 1 unspecified atom stereocenters. The third-order valence-electron chi connectivity index (χ3n) is 1.17. The zero-order chi connectivity index (χ0) is 5.98. The standard InChI is InChI=1S/C6H10N2/c1-5-3-6(2)8-7-4-5/h4-5H,3H2,1-2H3. The highest BCUT2D eigenvalue weighted by molar-refractivity contribution is 5.86. The molecular formula is C6H10N2. The van der Waals surface area contributed by atoms with E-state index in [1.165, 1.54) is 0 Å². The first-order valence-electron chi connectivity index (χ1n) is 2.85. The molecule has 1 rings (SSSR count). The van der Waals surface area contributed by atoms with Gasteiger partial charge in [-0.2, -0.15) is 10.2 Å². The highest BCUT2D eigenvalue weighted by Crippen LogP contribution is 2.04. The van der Waals surface area contributed by atoms with E-state index in [2.05, 4.69) is 17.1 Å². The summed E-state index contributed by atoms with van der Waals surface area (Å²) in [6.45, 7) is 4.15. The molecule has 0 bridgehead atoms. The second kappa shape index (κ2) is 2.07. The minimum Gasteiger partial charge on any atom is -0.163 e. The van der Waals surface area contributed by atoms with E-state index in [9.17, 15) is 0 Å². The Morgan fingerprint density at radius 2 is 2.50 bits per heavy atom. The van der Waals surface area contributed by atoms with Gasteiger partial charge in [0, 0.05) is 11.9 Å². The first-order chi connectivity index (χ1) is 3.79. The van der Waals surface area contributed by atoms with Crippen LogP contribution in [-0.2, 0) is 0 Å². The van der Waals surface area contributed by atoms with Gasteiger partial charge < -0.3 is 0 Å². The molecule has 1 heterocycles. The van der Waals surface area contributed by atoms with Gasteiger partial charge in [-0.3, -0.25) is 0 Å². The predicted molar refractivity (Wildman–Crippen MR) is 35.4 cm³/mol. The Morgan fingerprint density at radius 1 is 1.75 bits per heavy atom. The summed E-state index contributed by atoms with van der Waals surface area (Å²) < 4.78 is 0. The quantitative estimate of drug-likeness (QED) is 0.451. The monoisotopic (exact) mass is 110 g/mol. The molecule has 0 aromatic rings. The molecule has 0 amide bonds. The minimum absolute atomic E-state index is 0.590. The molecule has 1 atom stereocenters. The van der Waals surface area contributed by atoms with Gasteiger partial charge in [0.1, 0.15) is 0 Å². The summed E-state index contributed by atoms with van der Waals surface area (Å²) in [5, 5.41) is 7.67. The van der Waals surface area contributed by atoms with Crippen molar-refractivity contribution in [3.8, 4) is 0 Å². The van der Waals surface area contributed by atoms with E-state index in [1.807, 2.05) is 13.1 Å². The van der Waals surface area contributed by atoms with E-state index in [0.29, 0.717) is 5.92 Å². The predicted octanol–water partition coefficient (Wildman–Crippen LogP) is 1.47. The summed E-state index contributed by atoms with van der Waals surface area (Å²) in [4.78, 5) is 0. The maximum absolute atomic E-state index is 3.87. The Labute approximate surface area is 49.3 Å². The van der Waals surface area contributed by atoms with Crippen molar-refractivity contribution in [2.24, 2.45) is 16.1 Å². The summed E-state index contributed by atoms with van der Waals surface area (Å²) in [6, 6.07) is 0. The van der Waals surface area contributed by atoms with Gasteiger partial charge in [-0.25, -0.2) is 0 Å². The van der Waals surface area contributed by atoms with Crippen LogP contribution in [0.25, 0.3) is 0 Å². The van der Waals surface area contributed by atoms with Crippen LogP contribution in [0.2, 0.25) is 0 Å². The molecule has 1 aliphatic heterocycles. The van der Waals surface area contributed by atoms with Gasteiger partial charge in [0.15, 0.2) is 0 Å². The van der Waals surface area contributed by atoms with Crippen LogP contribution in [0.4, 0.5) is 0 Å².